The van der Waals surface area contributed by atoms with E-state index in [1.165, 1.54) is 42.8 Å². The maximum Gasteiger partial charge on any atom is 0.281 e. The van der Waals surface area contributed by atoms with Crippen molar-refractivity contribution in [3.8, 4) is 10.9 Å². The largest absolute Gasteiger partial charge is 0.464 e. The lowest BCUT2D eigenvalue weighted by Gasteiger charge is -2.12. The molecule has 0 N–H and O–H groups in total. The first-order chi connectivity index (χ1) is 13.8. The van der Waals surface area contributed by atoms with E-state index in [-0.39, 0.29) is 0 Å². The molecule has 1 fully saturated rings. The van der Waals surface area contributed by atoms with Gasteiger partial charge in [0.1, 0.15) is 11.3 Å². The summed E-state index contributed by atoms with van der Waals surface area (Å²) in [5.74, 6) is 0.730. The molecule has 3 aromatic heterocycles. The van der Waals surface area contributed by atoms with E-state index in [1.54, 1.807) is 20.4 Å². The summed E-state index contributed by atoms with van der Waals surface area (Å²) in [5, 5.41) is 1.75. The number of fused-ring (bicyclic) bond motifs is 2. The van der Waals surface area contributed by atoms with Gasteiger partial charge < -0.3 is 13.9 Å². The highest BCUT2D eigenvalue weighted by atomic mass is 32.1. The number of furan rings is 1. The van der Waals surface area contributed by atoms with Gasteiger partial charge in [-0.15, -0.1) is 0 Å². The molecule has 7 heteroatoms. The molecule has 28 heavy (non-hydrogen) atoms. The fraction of sp³-hybridized carbons (Fsp3) is 0.333. The first kappa shape index (κ1) is 18.9. The average molecular weight is 398 g/mol. The van der Waals surface area contributed by atoms with Gasteiger partial charge >= 0.3 is 0 Å². The minimum atomic E-state index is 0.594. The van der Waals surface area contributed by atoms with Gasteiger partial charge in [-0.1, -0.05) is 11.3 Å². The van der Waals surface area contributed by atoms with Crippen LogP contribution in [-0.4, -0.2) is 42.2 Å². The Balaban J connectivity index is 0.000000604. The molecule has 0 saturated carbocycles. The van der Waals surface area contributed by atoms with Gasteiger partial charge in [-0.05, 0) is 50.2 Å². The van der Waals surface area contributed by atoms with Crippen molar-refractivity contribution in [2.75, 3.05) is 27.3 Å². The first-order valence-electron chi connectivity index (χ1n) is 9.29. The topological polar surface area (TPSA) is 60.6 Å². The summed E-state index contributed by atoms with van der Waals surface area (Å²) in [6, 6.07) is 9.88. The second kappa shape index (κ2) is 8.68. The molecule has 0 aliphatic carbocycles. The van der Waals surface area contributed by atoms with E-state index < -0.39 is 0 Å². The Hall–Kier alpha value is -2.48. The minimum Gasteiger partial charge on any atom is -0.464 e. The zero-order chi connectivity index (χ0) is 19.3. The summed E-state index contributed by atoms with van der Waals surface area (Å²) in [5.41, 5.74) is 2.81. The first-order valence-corrected chi connectivity index (χ1v) is 10.1. The van der Waals surface area contributed by atoms with Crippen molar-refractivity contribution in [2.24, 2.45) is 0 Å². The van der Waals surface area contributed by atoms with Gasteiger partial charge in [0, 0.05) is 44.0 Å². The van der Waals surface area contributed by atoms with Crippen LogP contribution >= 0.6 is 11.3 Å². The Kier molecular flexibility index (Phi) is 5.85. The fourth-order valence-corrected chi connectivity index (χ4v) is 4.12. The lowest BCUT2D eigenvalue weighted by molar-refractivity contribution is 0.277. The zero-order valence-corrected chi connectivity index (χ0v) is 16.9. The Labute approximate surface area is 167 Å². The lowest BCUT2D eigenvalue weighted by atomic mass is 10.1. The van der Waals surface area contributed by atoms with Gasteiger partial charge in [0.15, 0.2) is 5.65 Å². The van der Waals surface area contributed by atoms with Gasteiger partial charge in [0.25, 0.3) is 5.19 Å². The van der Waals surface area contributed by atoms with Crippen molar-refractivity contribution < 1.29 is 13.9 Å². The maximum atomic E-state index is 5.91. The second-order valence-corrected chi connectivity index (χ2v) is 7.71. The Bertz CT molecular complexity index is 1020. The quantitative estimate of drug-likeness (QED) is 0.478. The monoisotopic (exact) mass is 397 g/mol. The van der Waals surface area contributed by atoms with E-state index in [2.05, 4.69) is 25.7 Å². The number of hydrogen-bond donors (Lipinski definition) is 0. The molecule has 5 rings (SSSR count). The smallest absolute Gasteiger partial charge is 0.281 e. The second-order valence-electron chi connectivity index (χ2n) is 6.72. The standard InChI is InChI=1S/C19H17N3O2S.C2H6O/c1-2-9-22(8-1)11-13-12-23-16-10-14(5-6-15(13)16)24-19-21-18-17(25-19)4-3-7-20-18;1-3-2/h3-7,10,12H,1-2,8-9,11H2;1-2H3. The highest BCUT2D eigenvalue weighted by molar-refractivity contribution is 7.20. The summed E-state index contributed by atoms with van der Waals surface area (Å²) in [6.07, 6.45) is 6.20. The summed E-state index contributed by atoms with van der Waals surface area (Å²) < 4.78 is 16.9. The van der Waals surface area contributed by atoms with Crippen LogP contribution in [0.3, 0.4) is 0 Å². The molecule has 6 nitrogen and oxygen atoms in total. The van der Waals surface area contributed by atoms with Crippen molar-refractivity contribution >= 4 is 32.7 Å². The van der Waals surface area contributed by atoms with Crippen LogP contribution in [0.25, 0.3) is 21.3 Å². The molecule has 0 radical (unpaired) electrons. The molecule has 1 aliphatic rings. The number of aromatic nitrogens is 2. The average Bonchev–Trinajstić information content (AvgIpc) is 3.42. The third-order valence-corrected chi connectivity index (χ3v) is 5.46. The maximum absolute atomic E-state index is 5.91. The molecular weight excluding hydrogens is 374 g/mol. The highest BCUT2D eigenvalue weighted by Crippen LogP contribution is 2.33. The summed E-state index contributed by atoms with van der Waals surface area (Å²) >= 11 is 1.49. The van der Waals surface area contributed by atoms with Gasteiger partial charge in [0.2, 0.25) is 0 Å². The molecule has 146 valence electrons. The van der Waals surface area contributed by atoms with E-state index >= 15 is 0 Å². The molecule has 1 saturated heterocycles. The number of thiazole rings is 1. The van der Waals surface area contributed by atoms with Gasteiger partial charge in [-0.3, -0.25) is 4.90 Å². The highest BCUT2D eigenvalue weighted by Gasteiger charge is 2.15. The summed E-state index contributed by atoms with van der Waals surface area (Å²) in [7, 11) is 3.25. The van der Waals surface area contributed by atoms with Crippen LogP contribution in [0.5, 0.6) is 10.9 Å². The van der Waals surface area contributed by atoms with Crippen LogP contribution < -0.4 is 4.74 Å². The Morgan fingerprint density at radius 1 is 1.18 bits per heavy atom. The zero-order valence-electron chi connectivity index (χ0n) is 16.1. The van der Waals surface area contributed by atoms with Crippen molar-refractivity contribution in [3.63, 3.8) is 0 Å². The fourth-order valence-electron chi connectivity index (χ4n) is 3.32. The predicted molar refractivity (Wildman–Crippen MR) is 111 cm³/mol. The number of benzene rings is 1. The van der Waals surface area contributed by atoms with Crippen LogP contribution in [0.2, 0.25) is 0 Å². The van der Waals surface area contributed by atoms with Crippen LogP contribution in [0.4, 0.5) is 0 Å². The van der Waals surface area contributed by atoms with Crippen LogP contribution in [0, 0.1) is 0 Å². The molecule has 1 aliphatic heterocycles. The van der Waals surface area contributed by atoms with Crippen LogP contribution in [0.15, 0.2) is 47.2 Å². The van der Waals surface area contributed by atoms with Gasteiger partial charge in [-0.25, -0.2) is 4.98 Å². The van der Waals surface area contributed by atoms with Crippen molar-refractivity contribution in [2.45, 2.75) is 19.4 Å². The number of methoxy groups -OCH3 is 1. The van der Waals surface area contributed by atoms with Crippen LogP contribution in [-0.2, 0) is 11.3 Å². The third kappa shape index (κ3) is 4.16. The Morgan fingerprint density at radius 3 is 2.79 bits per heavy atom. The summed E-state index contributed by atoms with van der Waals surface area (Å²) in [6.45, 7) is 3.32. The molecule has 4 heterocycles. The predicted octanol–water partition coefficient (Wildman–Crippen LogP) is 5.09. The van der Waals surface area contributed by atoms with Crippen LogP contribution in [0.1, 0.15) is 18.4 Å². The number of pyridine rings is 1. The molecule has 4 aromatic rings. The molecule has 0 atom stereocenters. The minimum absolute atomic E-state index is 0.594. The van der Waals surface area contributed by atoms with Gasteiger partial charge in [-0.2, -0.15) is 4.98 Å². The van der Waals surface area contributed by atoms with E-state index in [4.69, 9.17) is 9.15 Å². The molecule has 0 spiro atoms. The molecule has 0 bridgehead atoms. The van der Waals surface area contributed by atoms with Gasteiger partial charge in [0.05, 0.1) is 11.0 Å². The van der Waals surface area contributed by atoms with E-state index in [0.717, 1.165) is 33.6 Å². The Morgan fingerprint density at radius 2 is 2.00 bits per heavy atom. The van der Waals surface area contributed by atoms with E-state index in [0.29, 0.717) is 5.19 Å². The molecule has 0 unspecified atom stereocenters. The van der Waals surface area contributed by atoms with E-state index in [1.807, 2.05) is 30.5 Å². The normalized spacial score (nSPS) is 14.4. The van der Waals surface area contributed by atoms with Crippen molar-refractivity contribution in [1.82, 2.24) is 14.9 Å². The van der Waals surface area contributed by atoms with Crippen molar-refractivity contribution in [3.05, 3.63) is 48.4 Å². The third-order valence-electron chi connectivity index (χ3n) is 4.57. The van der Waals surface area contributed by atoms with E-state index in [9.17, 15) is 0 Å². The number of ether oxygens (including phenoxy) is 2. The molecule has 1 aromatic carbocycles. The lowest BCUT2D eigenvalue weighted by Crippen LogP contribution is -2.17. The SMILES string of the molecule is COC.c1cnc2nc(Oc3ccc4c(CN5CCCC5)coc4c3)sc2c1. The number of rotatable bonds is 4. The molecular formula is C21H23N3O3S. The number of nitrogens with zero attached hydrogens (tertiary/aromatic N) is 3. The molecule has 0 amide bonds. The number of likely N-dealkylation sites (tertiary alicyclic amines) is 1. The number of hydrogen-bond acceptors (Lipinski definition) is 7. The summed E-state index contributed by atoms with van der Waals surface area (Å²) in [4.78, 5) is 11.1. The van der Waals surface area contributed by atoms with Crippen molar-refractivity contribution in [1.29, 1.82) is 0 Å².